The van der Waals surface area contributed by atoms with Crippen LogP contribution in [0.1, 0.15) is 6.42 Å². The van der Waals surface area contributed by atoms with Gasteiger partial charge in [-0.25, -0.2) is 0 Å². The van der Waals surface area contributed by atoms with Crippen LogP contribution in [0.3, 0.4) is 0 Å². The normalized spacial score (nSPS) is 12.1. The van der Waals surface area contributed by atoms with Crippen LogP contribution in [0.25, 0.3) is 0 Å². The lowest BCUT2D eigenvalue weighted by Crippen LogP contribution is -2.26. The summed E-state index contributed by atoms with van der Waals surface area (Å²) < 4.78 is 0. The van der Waals surface area contributed by atoms with Gasteiger partial charge in [0.25, 0.3) is 0 Å². The van der Waals surface area contributed by atoms with Crippen molar-refractivity contribution in [2.45, 2.75) is 12.5 Å². The lowest BCUT2D eigenvalue weighted by atomic mass is 10.2. The number of para-hydroxylation sites is 1. The summed E-state index contributed by atoms with van der Waals surface area (Å²) in [6.45, 7) is 0.0994. The molecule has 76 valence electrons. The number of amides is 1. The van der Waals surface area contributed by atoms with Gasteiger partial charge in [0, 0.05) is 12.2 Å². The summed E-state index contributed by atoms with van der Waals surface area (Å²) in [5, 5.41) is 11.8. The van der Waals surface area contributed by atoms with Crippen LogP contribution in [0.15, 0.2) is 30.3 Å². The van der Waals surface area contributed by atoms with E-state index in [1.54, 1.807) is 12.1 Å². The minimum atomic E-state index is -0.765. The number of hydrogen-bond donors (Lipinski definition) is 3. The highest BCUT2D eigenvalue weighted by Crippen LogP contribution is 2.05. The summed E-state index contributed by atoms with van der Waals surface area (Å²) in [5.41, 5.74) is 5.91. The standard InChI is InChI=1S/C10H14N2O2/c11-7-9(13)6-10(14)12-8-4-2-1-3-5-8/h1-5,9,13H,6-7,11H2,(H,12,14). The number of hydrogen-bond acceptors (Lipinski definition) is 3. The molecular formula is C10H14N2O2. The zero-order chi connectivity index (χ0) is 10.4. The second-order valence-electron chi connectivity index (χ2n) is 3.01. The maximum atomic E-state index is 11.3. The van der Waals surface area contributed by atoms with Crippen LogP contribution in [0, 0.1) is 0 Å². The molecule has 1 rings (SSSR count). The Hall–Kier alpha value is -1.39. The lowest BCUT2D eigenvalue weighted by molar-refractivity contribution is -0.117. The van der Waals surface area contributed by atoms with Crippen LogP contribution in [0.2, 0.25) is 0 Å². The number of anilines is 1. The van der Waals surface area contributed by atoms with Crippen molar-refractivity contribution in [3.8, 4) is 0 Å². The SMILES string of the molecule is NCC(O)CC(=O)Nc1ccccc1. The number of nitrogens with one attached hydrogen (secondary N) is 1. The molecule has 1 aromatic carbocycles. The number of benzene rings is 1. The molecule has 0 aromatic heterocycles. The van der Waals surface area contributed by atoms with E-state index in [4.69, 9.17) is 10.8 Å². The van der Waals surface area contributed by atoms with Crippen molar-refractivity contribution in [2.24, 2.45) is 5.73 Å². The van der Waals surface area contributed by atoms with E-state index >= 15 is 0 Å². The van der Waals surface area contributed by atoms with Crippen molar-refractivity contribution in [1.82, 2.24) is 0 Å². The summed E-state index contributed by atoms with van der Waals surface area (Å²) in [4.78, 5) is 11.3. The van der Waals surface area contributed by atoms with E-state index in [2.05, 4.69) is 5.32 Å². The molecule has 4 heteroatoms. The zero-order valence-corrected chi connectivity index (χ0v) is 7.81. The summed E-state index contributed by atoms with van der Waals surface area (Å²) in [6.07, 6.45) is -0.732. The first-order valence-corrected chi connectivity index (χ1v) is 4.45. The fourth-order valence-corrected chi connectivity index (χ4v) is 1.03. The Kier molecular flexibility index (Phi) is 4.10. The van der Waals surface area contributed by atoms with Gasteiger partial charge in [0.05, 0.1) is 12.5 Å². The molecule has 0 aliphatic heterocycles. The average molecular weight is 194 g/mol. The van der Waals surface area contributed by atoms with Crippen LogP contribution in [0.5, 0.6) is 0 Å². The van der Waals surface area contributed by atoms with Crippen molar-refractivity contribution in [2.75, 3.05) is 11.9 Å². The zero-order valence-electron chi connectivity index (χ0n) is 7.81. The molecule has 4 N–H and O–H groups in total. The smallest absolute Gasteiger partial charge is 0.227 e. The number of rotatable bonds is 4. The fourth-order valence-electron chi connectivity index (χ4n) is 1.03. The van der Waals surface area contributed by atoms with Gasteiger partial charge >= 0.3 is 0 Å². The van der Waals surface area contributed by atoms with Crippen molar-refractivity contribution in [3.63, 3.8) is 0 Å². The maximum absolute atomic E-state index is 11.3. The third-order valence-corrected chi connectivity index (χ3v) is 1.75. The highest BCUT2D eigenvalue weighted by molar-refractivity contribution is 5.90. The molecule has 1 atom stereocenters. The molecule has 0 bridgehead atoms. The number of aliphatic hydroxyl groups excluding tert-OH is 1. The van der Waals surface area contributed by atoms with Gasteiger partial charge in [-0.05, 0) is 12.1 Å². The topological polar surface area (TPSA) is 75.3 Å². The molecule has 0 spiro atoms. The Labute approximate surface area is 82.7 Å². The van der Waals surface area contributed by atoms with Crippen LogP contribution in [0.4, 0.5) is 5.69 Å². The van der Waals surface area contributed by atoms with Crippen LogP contribution in [-0.2, 0) is 4.79 Å². The molecule has 0 fully saturated rings. The van der Waals surface area contributed by atoms with E-state index < -0.39 is 6.10 Å². The van der Waals surface area contributed by atoms with E-state index in [-0.39, 0.29) is 18.9 Å². The van der Waals surface area contributed by atoms with Gasteiger partial charge in [0.15, 0.2) is 0 Å². The molecule has 0 saturated carbocycles. The quantitative estimate of drug-likeness (QED) is 0.646. The largest absolute Gasteiger partial charge is 0.391 e. The second-order valence-corrected chi connectivity index (χ2v) is 3.01. The Morgan fingerprint density at radius 3 is 2.64 bits per heavy atom. The van der Waals surface area contributed by atoms with Gasteiger partial charge in [-0.1, -0.05) is 18.2 Å². The fraction of sp³-hybridized carbons (Fsp3) is 0.300. The van der Waals surface area contributed by atoms with E-state index in [9.17, 15) is 4.79 Å². The summed E-state index contributed by atoms with van der Waals surface area (Å²) in [6, 6.07) is 9.09. The van der Waals surface area contributed by atoms with Crippen molar-refractivity contribution in [3.05, 3.63) is 30.3 Å². The summed E-state index contributed by atoms with van der Waals surface area (Å²) in [5.74, 6) is -0.228. The minimum absolute atomic E-state index is 0.0331. The number of carbonyl (C=O) groups excluding carboxylic acids is 1. The summed E-state index contributed by atoms with van der Waals surface area (Å²) in [7, 11) is 0. The van der Waals surface area contributed by atoms with Gasteiger partial charge < -0.3 is 16.2 Å². The molecule has 0 heterocycles. The third kappa shape index (κ3) is 3.55. The van der Waals surface area contributed by atoms with Crippen molar-refractivity contribution >= 4 is 11.6 Å². The summed E-state index contributed by atoms with van der Waals surface area (Å²) >= 11 is 0. The molecular weight excluding hydrogens is 180 g/mol. The van der Waals surface area contributed by atoms with E-state index in [1.807, 2.05) is 18.2 Å². The monoisotopic (exact) mass is 194 g/mol. The van der Waals surface area contributed by atoms with Crippen LogP contribution >= 0.6 is 0 Å². The molecule has 14 heavy (non-hydrogen) atoms. The molecule has 0 aliphatic rings. The number of nitrogens with two attached hydrogens (primary N) is 1. The Balaban J connectivity index is 2.42. The predicted molar refractivity (Wildman–Crippen MR) is 54.7 cm³/mol. The molecule has 0 radical (unpaired) electrons. The maximum Gasteiger partial charge on any atom is 0.227 e. The van der Waals surface area contributed by atoms with Gasteiger partial charge in [0.2, 0.25) is 5.91 Å². The Bertz CT molecular complexity index is 287. The van der Waals surface area contributed by atoms with Gasteiger partial charge in [-0.2, -0.15) is 0 Å². The van der Waals surface area contributed by atoms with Gasteiger partial charge in [-0.3, -0.25) is 4.79 Å². The molecule has 1 amide bonds. The van der Waals surface area contributed by atoms with Crippen LogP contribution < -0.4 is 11.1 Å². The molecule has 1 unspecified atom stereocenters. The highest BCUT2D eigenvalue weighted by atomic mass is 16.3. The lowest BCUT2D eigenvalue weighted by Gasteiger charge is -2.08. The Morgan fingerprint density at radius 2 is 2.07 bits per heavy atom. The van der Waals surface area contributed by atoms with Crippen LogP contribution in [-0.4, -0.2) is 23.7 Å². The molecule has 4 nitrogen and oxygen atoms in total. The minimum Gasteiger partial charge on any atom is -0.391 e. The van der Waals surface area contributed by atoms with E-state index in [0.29, 0.717) is 0 Å². The molecule has 1 aromatic rings. The van der Waals surface area contributed by atoms with Crippen molar-refractivity contribution < 1.29 is 9.90 Å². The van der Waals surface area contributed by atoms with E-state index in [1.165, 1.54) is 0 Å². The number of aliphatic hydroxyl groups is 1. The highest BCUT2D eigenvalue weighted by Gasteiger charge is 2.08. The first kappa shape index (κ1) is 10.7. The van der Waals surface area contributed by atoms with Gasteiger partial charge in [-0.15, -0.1) is 0 Å². The predicted octanol–water partition coefficient (Wildman–Crippen LogP) is 0.335. The molecule has 0 saturated heterocycles. The first-order chi connectivity index (χ1) is 6.72. The Morgan fingerprint density at radius 1 is 1.43 bits per heavy atom. The van der Waals surface area contributed by atoms with Gasteiger partial charge in [0.1, 0.15) is 0 Å². The second kappa shape index (κ2) is 5.36. The van der Waals surface area contributed by atoms with Crippen molar-refractivity contribution in [1.29, 1.82) is 0 Å². The number of carbonyl (C=O) groups is 1. The average Bonchev–Trinajstić information content (AvgIpc) is 2.19. The molecule has 0 aliphatic carbocycles. The van der Waals surface area contributed by atoms with E-state index in [0.717, 1.165) is 5.69 Å². The first-order valence-electron chi connectivity index (χ1n) is 4.45. The third-order valence-electron chi connectivity index (χ3n) is 1.75.